The highest BCUT2D eigenvalue weighted by atomic mass is 14.9. The molecule has 0 aromatic heterocycles. The van der Waals surface area contributed by atoms with Crippen molar-refractivity contribution in [3.05, 3.63) is 0 Å². The SMILES string of the molecule is N#C[N]C1CCC1. The van der Waals surface area contributed by atoms with E-state index < -0.39 is 0 Å². The van der Waals surface area contributed by atoms with Crippen molar-refractivity contribution in [3.63, 3.8) is 0 Å². The third-order valence-electron chi connectivity index (χ3n) is 1.32. The van der Waals surface area contributed by atoms with Crippen LogP contribution < -0.4 is 5.32 Å². The maximum absolute atomic E-state index is 7.98. The monoisotopic (exact) mass is 95.1 g/mol. The average Bonchev–Trinajstić information content (AvgIpc) is 1.55. The summed E-state index contributed by atoms with van der Waals surface area (Å²) in [5.74, 6) is 0. The van der Waals surface area contributed by atoms with Gasteiger partial charge in [-0.2, -0.15) is 5.26 Å². The van der Waals surface area contributed by atoms with E-state index in [1.54, 1.807) is 6.19 Å². The van der Waals surface area contributed by atoms with Crippen LogP contribution >= 0.6 is 0 Å². The maximum Gasteiger partial charge on any atom is 0.200 e. The zero-order valence-electron chi connectivity index (χ0n) is 4.09. The van der Waals surface area contributed by atoms with Crippen LogP contribution in [0, 0.1) is 11.5 Å². The van der Waals surface area contributed by atoms with E-state index in [4.69, 9.17) is 5.26 Å². The zero-order valence-corrected chi connectivity index (χ0v) is 4.09. The Labute approximate surface area is 43.1 Å². The highest BCUT2D eigenvalue weighted by molar-refractivity contribution is 4.81. The summed E-state index contributed by atoms with van der Waals surface area (Å²) in [7, 11) is 0. The van der Waals surface area contributed by atoms with Gasteiger partial charge >= 0.3 is 0 Å². The Morgan fingerprint density at radius 2 is 2.29 bits per heavy atom. The van der Waals surface area contributed by atoms with E-state index >= 15 is 0 Å². The maximum atomic E-state index is 7.98. The minimum atomic E-state index is 0.394. The van der Waals surface area contributed by atoms with Crippen molar-refractivity contribution in [1.29, 1.82) is 5.26 Å². The third-order valence-corrected chi connectivity index (χ3v) is 1.32. The fourth-order valence-corrected chi connectivity index (χ4v) is 0.597. The zero-order chi connectivity index (χ0) is 5.11. The molecule has 0 bridgehead atoms. The van der Waals surface area contributed by atoms with Gasteiger partial charge in [0.2, 0.25) is 6.19 Å². The van der Waals surface area contributed by atoms with Gasteiger partial charge in [-0.3, -0.25) is 0 Å². The van der Waals surface area contributed by atoms with Gasteiger partial charge in [-0.15, -0.1) is 0 Å². The predicted octanol–water partition coefficient (Wildman–Crippen LogP) is 0.624. The van der Waals surface area contributed by atoms with Crippen molar-refractivity contribution >= 4 is 0 Å². The molecule has 2 nitrogen and oxygen atoms in total. The molecule has 0 aliphatic heterocycles. The molecule has 1 aliphatic carbocycles. The molecule has 1 saturated carbocycles. The van der Waals surface area contributed by atoms with Gasteiger partial charge in [-0.25, -0.2) is 5.32 Å². The molecule has 0 N–H and O–H groups in total. The Bertz CT molecular complexity index is 88.7. The molecule has 0 aromatic rings. The Balaban J connectivity index is 2.06. The Kier molecular flexibility index (Phi) is 1.16. The first kappa shape index (κ1) is 4.45. The van der Waals surface area contributed by atoms with Gasteiger partial charge in [-0.1, -0.05) is 0 Å². The molecule has 0 saturated heterocycles. The van der Waals surface area contributed by atoms with Crippen LogP contribution in [0.3, 0.4) is 0 Å². The number of nitriles is 1. The first-order chi connectivity index (χ1) is 3.43. The van der Waals surface area contributed by atoms with Crippen LogP contribution in [0.25, 0.3) is 0 Å². The molecule has 37 valence electrons. The summed E-state index contributed by atoms with van der Waals surface area (Å²) in [6, 6.07) is 0.394. The first-order valence-electron chi connectivity index (χ1n) is 2.52. The molecule has 2 heteroatoms. The van der Waals surface area contributed by atoms with Gasteiger partial charge in [0, 0.05) is 0 Å². The molecule has 1 fully saturated rings. The predicted molar refractivity (Wildman–Crippen MR) is 25.4 cm³/mol. The molecule has 1 aliphatic rings. The van der Waals surface area contributed by atoms with E-state index in [0.717, 1.165) is 12.8 Å². The average molecular weight is 95.1 g/mol. The lowest BCUT2D eigenvalue weighted by Gasteiger charge is -2.20. The van der Waals surface area contributed by atoms with Crippen LogP contribution in [0.5, 0.6) is 0 Å². The second-order valence-corrected chi connectivity index (χ2v) is 1.81. The lowest BCUT2D eigenvalue weighted by atomic mass is 9.94. The van der Waals surface area contributed by atoms with Gasteiger partial charge in [0.15, 0.2) is 0 Å². The molecule has 0 heterocycles. The summed E-state index contributed by atoms with van der Waals surface area (Å²) >= 11 is 0. The molecular weight excluding hydrogens is 88.1 g/mol. The summed E-state index contributed by atoms with van der Waals surface area (Å²) in [6.45, 7) is 0. The van der Waals surface area contributed by atoms with Gasteiger partial charge < -0.3 is 0 Å². The summed E-state index contributed by atoms with van der Waals surface area (Å²) in [5, 5.41) is 11.6. The highest BCUT2D eigenvalue weighted by Crippen LogP contribution is 2.18. The molecule has 0 spiro atoms. The van der Waals surface area contributed by atoms with E-state index in [2.05, 4.69) is 5.32 Å². The van der Waals surface area contributed by atoms with Crippen molar-refractivity contribution in [1.82, 2.24) is 5.32 Å². The number of rotatable bonds is 1. The van der Waals surface area contributed by atoms with E-state index in [1.165, 1.54) is 6.42 Å². The number of hydrogen-bond donors (Lipinski definition) is 0. The number of hydrogen-bond acceptors (Lipinski definition) is 1. The largest absolute Gasteiger partial charge is 0.208 e. The Morgan fingerprint density at radius 3 is 2.43 bits per heavy atom. The van der Waals surface area contributed by atoms with Crippen molar-refractivity contribution in [2.24, 2.45) is 0 Å². The van der Waals surface area contributed by atoms with Crippen LogP contribution in [0.2, 0.25) is 0 Å². The number of nitrogens with zero attached hydrogens (tertiary/aromatic N) is 2. The van der Waals surface area contributed by atoms with E-state index in [1.807, 2.05) is 0 Å². The Hall–Kier alpha value is -0.710. The molecule has 0 amide bonds. The van der Waals surface area contributed by atoms with E-state index in [9.17, 15) is 0 Å². The van der Waals surface area contributed by atoms with Gasteiger partial charge in [-0.05, 0) is 19.3 Å². The molecule has 1 rings (SSSR count). The summed E-state index contributed by atoms with van der Waals surface area (Å²) in [4.78, 5) is 0. The summed E-state index contributed by atoms with van der Waals surface area (Å²) < 4.78 is 0. The molecular formula is C5H7N2. The van der Waals surface area contributed by atoms with Crippen molar-refractivity contribution in [2.45, 2.75) is 25.3 Å². The summed E-state index contributed by atoms with van der Waals surface area (Å²) in [6.07, 6.45) is 5.32. The first-order valence-corrected chi connectivity index (χ1v) is 2.52. The molecule has 0 unspecified atom stereocenters. The van der Waals surface area contributed by atoms with Crippen LogP contribution in [-0.2, 0) is 0 Å². The van der Waals surface area contributed by atoms with Crippen LogP contribution in [-0.4, -0.2) is 6.04 Å². The second kappa shape index (κ2) is 1.83. The van der Waals surface area contributed by atoms with Crippen LogP contribution in [0.1, 0.15) is 19.3 Å². The van der Waals surface area contributed by atoms with Crippen molar-refractivity contribution in [2.75, 3.05) is 0 Å². The van der Waals surface area contributed by atoms with Crippen molar-refractivity contribution < 1.29 is 0 Å². The molecule has 7 heavy (non-hydrogen) atoms. The van der Waals surface area contributed by atoms with Gasteiger partial charge in [0.05, 0.1) is 6.04 Å². The van der Waals surface area contributed by atoms with Crippen LogP contribution in [0.15, 0.2) is 0 Å². The molecule has 0 atom stereocenters. The van der Waals surface area contributed by atoms with Gasteiger partial charge in [0.25, 0.3) is 0 Å². The lowest BCUT2D eigenvalue weighted by Crippen LogP contribution is -2.25. The third kappa shape index (κ3) is 0.833. The minimum Gasteiger partial charge on any atom is -0.208 e. The Morgan fingerprint density at radius 1 is 1.57 bits per heavy atom. The lowest BCUT2D eigenvalue weighted by molar-refractivity contribution is 0.372. The standard InChI is InChI=1S/C5H7N2/c6-4-7-5-2-1-3-5/h5H,1-3H2. The van der Waals surface area contributed by atoms with Crippen molar-refractivity contribution in [3.8, 4) is 6.19 Å². The van der Waals surface area contributed by atoms with E-state index in [-0.39, 0.29) is 0 Å². The van der Waals surface area contributed by atoms with Gasteiger partial charge in [0.1, 0.15) is 0 Å². The fourth-order valence-electron chi connectivity index (χ4n) is 0.597. The quantitative estimate of drug-likeness (QED) is 0.440. The molecule has 1 radical (unpaired) electrons. The fraction of sp³-hybridized carbons (Fsp3) is 0.800. The van der Waals surface area contributed by atoms with Crippen LogP contribution in [0.4, 0.5) is 0 Å². The normalized spacial score (nSPS) is 19.9. The smallest absolute Gasteiger partial charge is 0.200 e. The highest BCUT2D eigenvalue weighted by Gasteiger charge is 2.17. The topological polar surface area (TPSA) is 37.9 Å². The van der Waals surface area contributed by atoms with E-state index in [0.29, 0.717) is 6.04 Å². The minimum absolute atomic E-state index is 0.394. The molecule has 0 aromatic carbocycles. The summed E-state index contributed by atoms with van der Waals surface area (Å²) in [5.41, 5.74) is 0. The second-order valence-electron chi connectivity index (χ2n) is 1.81.